The number of H-pyrrole nitrogens is 1. The van der Waals surface area contributed by atoms with Crippen molar-refractivity contribution in [3.8, 4) is 6.07 Å². The minimum atomic E-state index is -0.0532. The van der Waals surface area contributed by atoms with Gasteiger partial charge in [-0.15, -0.1) is 0 Å². The second-order valence-corrected chi connectivity index (χ2v) is 5.21. The maximum atomic E-state index is 10.2. The average molecular weight is 461 g/mol. The SMILES string of the molecule is C.C=C1NC=C(Br)C=C1Br.CC#N.O=c1cccc[nH]1.[B]=NS. The van der Waals surface area contributed by atoms with E-state index >= 15 is 0 Å². The molecule has 2 rings (SSSR count). The monoisotopic (exact) mass is 459 g/mol. The first-order valence-electron chi connectivity index (χ1n) is 5.60. The molecule has 0 spiro atoms. The molecule has 23 heavy (non-hydrogen) atoms. The van der Waals surface area contributed by atoms with Gasteiger partial charge in [-0.2, -0.15) is 5.26 Å². The van der Waals surface area contributed by atoms with Crippen LogP contribution < -0.4 is 10.9 Å². The summed E-state index contributed by atoms with van der Waals surface area (Å²) in [5, 5.41) is 10.3. The molecule has 0 saturated carbocycles. The van der Waals surface area contributed by atoms with E-state index in [-0.39, 0.29) is 13.0 Å². The molecular formula is C14H18BBr2N4OS. The van der Waals surface area contributed by atoms with Gasteiger partial charge in [-0.3, -0.25) is 4.79 Å². The number of nitrogens with one attached hydrogen (secondary N) is 2. The standard InChI is InChI=1S/C6H5Br2N.C5H5NO.C2H3N.CH4.BHNS/c1-4-6(8)2-5(7)3-9-4;7-5-3-1-2-4-6-5;1-2-3;;1-2-3/h2-3,9H,1H2;1-4H,(H,6,7);1H3;1H4;3H. The van der Waals surface area contributed by atoms with Gasteiger partial charge < -0.3 is 10.3 Å². The van der Waals surface area contributed by atoms with E-state index in [1.54, 1.807) is 24.4 Å². The van der Waals surface area contributed by atoms with Crippen molar-refractivity contribution >= 4 is 52.3 Å². The Hall–Kier alpha value is -1.37. The Morgan fingerprint density at radius 1 is 1.43 bits per heavy atom. The molecule has 1 aromatic rings. The van der Waals surface area contributed by atoms with Crippen LogP contribution in [-0.4, -0.2) is 12.6 Å². The molecule has 0 aromatic carbocycles. The second kappa shape index (κ2) is 18.7. The molecule has 1 aliphatic rings. The van der Waals surface area contributed by atoms with E-state index in [1.165, 1.54) is 13.0 Å². The van der Waals surface area contributed by atoms with Crippen LogP contribution in [0.25, 0.3) is 0 Å². The van der Waals surface area contributed by atoms with Crippen LogP contribution in [0.3, 0.4) is 0 Å². The Labute approximate surface area is 160 Å². The summed E-state index contributed by atoms with van der Waals surface area (Å²) >= 11 is 9.82. The number of dihydropyridines is 1. The molecule has 2 N–H and O–H groups in total. The number of thiol groups is 1. The van der Waals surface area contributed by atoms with Crippen LogP contribution in [0.15, 0.2) is 67.0 Å². The van der Waals surface area contributed by atoms with Crippen molar-refractivity contribution in [3.63, 3.8) is 0 Å². The van der Waals surface area contributed by atoms with Crippen molar-refractivity contribution in [3.05, 3.63) is 68.3 Å². The Kier molecular flexibility index (Phi) is 21.5. The first-order valence-corrected chi connectivity index (χ1v) is 7.59. The molecule has 5 nitrogen and oxygen atoms in total. The molecule has 0 saturated heterocycles. The predicted octanol–water partition coefficient (Wildman–Crippen LogP) is 4.34. The van der Waals surface area contributed by atoms with Gasteiger partial charge in [-0.05, 0) is 44.0 Å². The molecule has 0 unspecified atom stereocenters. The number of nitriles is 1. The van der Waals surface area contributed by atoms with Gasteiger partial charge in [0.25, 0.3) is 0 Å². The molecule has 0 aliphatic carbocycles. The van der Waals surface area contributed by atoms with E-state index in [0.29, 0.717) is 0 Å². The van der Waals surface area contributed by atoms with Crippen LogP contribution in [0.4, 0.5) is 0 Å². The number of halogens is 2. The van der Waals surface area contributed by atoms with Crippen LogP contribution in [0, 0.1) is 11.3 Å². The number of aromatic nitrogens is 1. The van der Waals surface area contributed by atoms with Gasteiger partial charge in [0.15, 0.2) is 0 Å². The van der Waals surface area contributed by atoms with E-state index in [1.807, 2.05) is 12.3 Å². The van der Waals surface area contributed by atoms with Gasteiger partial charge in [0, 0.05) is 40.0 Å². The molecule has 0 bridgehead atoms. The Morgan fingerprint density at radius 3 is 2.22 bits per heavy atom. The number of allylic oxidation sites excluding steroid dienone is 3. The fourth-order valence-electron chi connectivity index (χ4n) is 0.852. The van der Waals surface area contributed by atoms with Crippen molar-refractivity contribution in [1.82, 2.24) is 10.3 Å². The van der Waals surface area contributed by atoms with Gasteiger partial charge in [-0.25, -0.2) is 0 Å². The predicted molar refractivity (Wildman–Crippen MR) is 109 cm³/mol. The van der Waals surface area contributed by atoms with Gasteiger partial charge >= 0.3 is 24.8 Å². The fourth-order valence-corrected chi connectivity index (χ4v) is 1.86. The molecule has 0 amide bonds. The molecular weight excluding hydrogens is 443 g/mol. The zero-order chi connectivity index (χ0) is 17.4. The van der Waals surface area contributed by atoms with Crippen molar-refractivity contribution < 1.29 is 0 Å². The molecule has 1 radical (unpaired) electrons. The number of aromatic amines is 1. The Balaban J connectivity index is -0.000000256. The summed E-state index contributed by atoms with van der Waals surface area (Å²) in [5.41, 5.74) is 0.834. The van der Waals surface area contributed by atoms with Crippen LogP contribution in [0.1, 0.15) is 14.4 Å². The molecule has 1 aliphatic heterocycles. The van der Waals surface area contributed by atoms with Gasteiger partial charge in [0.1, 0.15) is 0 Å². The number of hydrogen-bond donors (Lipinski definition) is 3. The van der Waals surface area contributed by atoms with Crippen molar-refractivity contribution in [2.24, 2.45) is 4.30 Å². The van der Waals surface area contributed by atoms with E-state index in [0.717, 1.165) is 14.7 Å². The second-order valence-electron chi connectivity index (χ2n) is 3.21. The van der Waals surface area contributed by atoms with E-state index in [2.05, 4.69) is 73.5 Å². The summed E-state index contributed by atoms with van der Waals surface area (Å²) < 4.78 is 4.69. The summed E-state index contributed by atoms with van der Waals surface area (Å²) in [6, 6.07) is 6.68. The summed E-state index contributed by atoms with van der Waals surface area (Å²) in [4.78, 5) is 12.7. The van der Waals surface area contributed by atoms with E-state index < -0.39 is 0 Å². The third-order valence-electron chi connectivity index (χ3n) is 1.62. The van der Waals surface area contributed by atoms with Crippen molar-refractivity contribution in [2.75, 3.05) is 0 Å². The summed E-state index contributed by atoms with van der Waals surface area (Å²) in [7, 11) is 4.34. The van der Waals surface area contributed by atoms with Gasteiger partial charge in [0.05, 0.1) is 6.07 Å². The molecule has 0 atom stereocenters. The molecule has 123 valence electrons. The average Bonchev–Trinajstić information content (AvgIpc) is 2.46. The number of pyridine rings is 1. The van der Waals surface area contributed by atoms with Crippen LogP contribution >= 0.6 is 44.7 Å². The Morgan fingerprint density at radius 2 is 1.96 bits per heavy atom. The third kappa shape index (κ3) is 18.6. The topological polar surface area (TPSA) is 81.0 Å². The van der Waals surface area contributed by atoms with Crippen LogP contribution in [0.2, 0.25) is 0 Å². The minimum absolute atomic E-state index is 0. The van der Waals surface area contributed by atoms with Crippen molar-refractivity contribution in [1.29, 1.82) is 5.26 Å². The Bertz CT molecular complexity index is 606. The fraction of sp³-hybridized carbons (Fsp3) is 0.143. The summed E-state index contributed by atoms with van der Waals surface area (Å²) in [6.07, 6.45) is 5.38. The third-order valence-corrected chi connectivity index (χ3v) is 2.78. The van der Waals surface area contributed by atoms with E-state index in [9.17, 15) is 4.79 Å². The maximum absolute atomic E-state index is 10.2. The molecule has 2 heterocycles. The molecule has 9 heteroatoms. The number of rotatable bonds is 0. The summed E-state index contributed by atoms with van der Waals surface area (Å²) in [5.74, 6) is 0. The van der Waals surface area contributed by atoms with Crippen LogP contribution in [0.5, 0.6) is 0 Å². The van der Waals surface area contributed by atoms with Gasteiger partial charge in [-0.1, -0.05) is 20.1 Å². The quantitative estimate of drug-likeness (QED) is 0.398. The molecule has 0 fully saturated rings. The number of nitrogens with zero attached hydrogens (tertiary/aromatic N) is 2. The zero-order valence-electron chi connectivity index (χ0n) is 11.8. The van der Waals surface area contributed by atoms with Crippen molar-refractivity contribution in [2.45, 2.75) is 14.4 Å². The van der Waals surface area contributed by atoms with E-state index in [4.69, 9.17) is 5.26 Å². The molecule has 1 aromatic heterocycles. The summed E-state index contributed by atoms with van der Waals surface area (Å²) in [6.45, 7) is 5.17. The van der Waals surface area contributed by atoms with Crippen LogP contribution in [-0.2, 0) is 0 Å². The first-order chi connectivity index (χ1) is 10.4. The number of hydrogen-bond acceptors (Lipinski definition) is 5. The van der Waals surface area contributed by atoms with Gasteiger partial charge in [0.2, 0.25) is 5.56 Å². The normalized spacial score (nSPS) is 10.6. The zero-order valence-corrected chi connectivity index (χ0v) is 15.8. The first kappa shape index (κ1) is 26.5.